The van der Waals surface area contributed by atoms with Crippen LogP contribution in [-0.2, 0) is 20.9 Å². The van der Waals surface area contributed by atoms with Crippen LogP contribution in [-0.4, -0.2) is 65.5 Å². The van der Waals surface area contributed by atoms with Gasteiger partial charge in [-0.05, 0) is 32.0 Å². The highest BCUT2D eigenvalue weighted by Gasteiger charge is 2.26. The fourth-order valence-corrected chi connectivity index (χ4v) is 5.44. The molecular weight excluding hydrogens is 466 g/mol. The van der Waals surface area contributed by atoms with Crippen LogP contribution in [0, 0.1) is 0 Å². The topological polar surface area (TPSA) is 82.0 Å². The Labute approximate surface area is 208 Å². The number of hydrogen-bond acceptors (Lipinski definition) is 6. The predicted octanol–water partition coefficient (Wildman–Crippen LogP) is 3.78. The maximum absolute atomic E-state index is 13.0. The number of nitrogens with zero attached hydrogens (tertiary/aromatic N) is 2. The molecule has 0 spiro atoms. The number of aromatic nitrogens is 1. The van der Waals surface area contributed by atoms with Gasteiger partial charge < -0.3 is 29.0 Å². The first-order valence-corrected chi connectivity index (χ1v) is 12.8. The number of carbonyl (C=O) groups is 2. The molecule has 5 rings (SSSR count). The van der Waals surface area contributed by atoms with Crippen molar-refractivity contribution < 1.29 is 23.8 Å². The number of thioether (sulfide) groups is 1. The Hall–Kier alpha value is -3.17. The van der Waals surface area contributed by atoms with Gasteiger partial charge in [0.2, 0.25) is 11.8 Å². The van der Waals surface area contributed by atoms with Crippen LogP contribution in [0.3, 0.4) is 0 Å². The van der Waals surface area contributed by atoms with Crippen molar-refractivity contribution >= 4 is 40.2 Å². The highest BCUT2D eigenvalue weighted by atomic mass is 32.2. The van der Waals surface area contributed by atoms with Gasteiger partial charge in [-0.15, -0.1) is 11.8 Å². The fraction of sp³-hybridized carbons (Fsp3) is 0.385. The van der Waals surface area contributed by atoms with Gasteiger partial charge in [-0.2, -0.15) is 0 Å². The van der Waals surface area contributed by atoms with E-state index in [1.54, 1.807) is 18.2 Å². The number of anilines is 1. The molecule has 2 aliphatic rings. The maximum atomic E-state index is 13.0. The minimum absolute atomic E-state index is 0.0305. The van der Waals surface area contributed by atoms with Crippen LogP contribution in [0.5, 0.6) is 11.5 Å². The van der Waals surface area contributed by atoms with Crippen molar-refractivity contribution in [1.82, 2.24) is 9.47 Å². The molecule has 0 bridgehead atoms. The molecule has 8 nitrogen and oxygen atoms in total. The summed E-state index contributed by atoms with van der Waals surface area (Å²) < 4.78 is 18.9. The molecular formula is C26H29N3O5S. The van der Waals surface area contributed by atoms with E-state index < -0.39 is 0 Å². The van der Waals surface area contributed by atoms with Crippen LogP contribution in [0.25, 0.3) is 10.9 Å². The van der Waals surface area contributed by atoms with E-state index in [-0.39, 0.29) is 36.3 Å². The predicted molar refractivity (Wildman–Crippen MR) is 135 cm³/mol. The van der Waals surface area contributed by atoms with Gasteiger partial charge in [-0.1, -0.05) is 18.2 Å². The van der Waals surface area contributed by atoms with Crippen molar-refractivity contribution in [3.63, 3.8) is 0 Å². The van der Waals surface area contributed by atoms with E-state index in [1.807, 2.05) is 53.8 Å². The Morgan fingerprint density at radius 3 is 2.57 bits per heavy atom. The zero-order valence-corrected chi connectivity index (χ0v) is 20.7. The quantitative estimate of drug-likeness (QED) is 0.524. The molecule has 35 heavy (non-hydrogen) atoms. The lowest BCUT2D eigenvalue weighted by Gasteiger charge is -2.35. The Kier molecular flexibility index (Phi) is 6.88. The minimum Gasteiger partial charge on any atom is -0.486 e. The van der Waals surface area contributed by atoms with E-state index in [4.69, 9.17) is 14.2 Å². The van der Waals surface area contributed by atoms with E-state index in [0.717, 1.165) is 15.8 Å². The molecule has 0 aliphatic carbocycles. The molecule has 1 N–H and O–H groups in total. The van der Waals surface area contributed by atoms with Gasteiger partial charge in [-0.3, -0.25) is 9.59 Å². The highest BCUT2D eigenvalue weighted by Crippen LogP contribution is 2.33. The van der Waals surface area contributed by atoms with Gasteiger partial charge in [0.25, 0.3) is 0 Å². The van der Waals surface area contributed by atoms with Crippen molar-refractivity contribution in [2.45, 2.75) is 37.5 Å². The minimum atomic E-state index is -0.115. The van der Waals surface area contributed by atoms with Crippen molar-refractivity contribution in [2.75, 3.05) is 37.4 Å². The third-order valence-electron chi connectivity index (χ3n) is 6.01. The summed E-state index contributed by atoms with van der Waals surface area (Å²) in [6.45, 7) is 6.46. The normalized spacial score (nSPS) is 19.5. The Morgan fingerprint density at radius 1 is 1.03 bits per heavy atom. The number of amides is 2. The SMILES string of the molecule is CC1CN(C(=O)Cn2cc(SCC(=O)Nc3ccc4c(c3)OCCO4)c3ccccc32)CC(C)O1. The summed E-state index contributed by atoms with van der Waals surface area (Å²) in [6, 6.07) is 13.4. The van der Waals surface area contributed by atoms with Gasteiger partial charge in [0.05, 0.1) is 18.0 Å². The Morgan fingerprint density at radius 2 is 1.77 bits per heavy atom. The van der Waals surface area contributed by atoms with Crippen molar-refractivity contribution in [3.05, 3.63) is 48.7 Å². The maximum Gasteiger partial charge on any atom is 0.242 e. The molecule has 2 amide bonds. The highest BCUT2D eigenvalue weighted by molar-refractivity contribution is 8.00. The first-order valence-electron chi connectivity index (χ1n) is 11.8. The number of morpholine rings is 1. The molecule has 2 aromatic carbocycles. The van der Waals surface area contributed by atoms with Crippen LogP contribution in [0.15, 0.2) is 53.6 Å². The molecule has 184 valence electrons. The zero-order chi connectivity index (χ0) is 24.4. The summed E-state index contributed by atoms with van der Waals surface area (Å²) >= 11 is 1.46. The number of rotatable bonds is 6. The molecule has 0 saturated carbocycles. The summed E-state index contributed by atoms with van der Waals surface area (Å²) in [5, 5.41) is 3.95. The third kappa shape index (κ3) is 5.41. The second kappa shape index (κ2) is 10.2. The largest absolute Gasteiger partial charge is 0.486 e. The monoisotopic (exact) mass is 495 g/mol. The molecule has 2 atom stereocenters. The average molecular weight is 496 g/mol. The summed E-state index contributed by atoms with van der Waals surface area (Å²) in [5.41, 5.74) is 1.65. The lowest BCUT2D eigenvalue weighted by molar-refractivity contribution is -0.143. The van der Waals surface area contributed by atoms with Crippen LogP contribution in [0.1, 0.15) is 13.8 Å². The number of nitrogens with one attached hydrogen (secondary N) is 1. The van der Waals surface area contributed by atoms with Crippen molar-refractivity contribution in [2.24, 2.45) is 0 Å². The number of carbonyl (C=O) groups excluding carboxylic acids is 2. The lowest BCUT2D eigenvalue weighted by atomic mass is 10.2. The second-order valence-corrected chi connectivity index (χ2v) is 9.91. The zero-order valence-electron chi connectivity index (χ0n) is 19.9. The molecule has 9 heteroatoms. The molecule has 1 aromatic heterocycles. The first-order chi connectivity index (χ1) is 17.0. The molecule has 3 aromatic rings. The summed E-state index contributed by atoms with van der Waals surface area (Å²) in [5.74, 6) is 1.52. The van der Waals surface area contributed by atoms with Gasteiger partial charge in [0.15, 0.2) is 11.5 Å². The molecule has 2 aliphatic heterocycles. The van der Waals surface area contributed by atoms with Crippen LogP contribution >= 0.6 is 11.8 Å². The average Bonchev–Trinajstić information content (AvgIpc) is 3.19. The molecule has 3 heterocycles. The van der Waals surface area contributed by atoms with Gasteiger partial charge in [0, 0.05) is 46.8 Å². The third-order valence-corrected chi connectivity index (χ3v) is 7.06. The van der Waals surface area contributed by atoms with Crippen LogP contribution in [0.4, 0.5) is 5.69 Å². The van der Waals surface area contributed by atoms with E-state index in [9.17, 15) is 9.59 Å². The van der Waals surface area contributed by atoms with Crippen molar-refractivity contribution in [1.29, 1.82) is 0 Å². The van der Waals surface area contributed by atoms with E-state index >= 15 is 0 Å². The summed E-state index contributed by atoms with van der Waals surface area (Å²) in [7, 11) is 0. The second-order valence-electron chi connectivity index (χ2n) is 8.89. The van der Waals surface area contributed by atoms with Crippen LogP contribution in [0.2, 0.25) is 0 Å². The lowest BCUT2D eigenvalue weighted by Crippen LogP contribution is -2.49. The number of benzene rings is 2. The summed E-state index contributed by atoms with van der Waals surface area (Å²) in [4.78, 5) is 28.5. The number of fused-ring (bicyclic) bond motifs is 2. The van der Waals surface area contributed by atoms with E-state index in [0.29, 0.717) is 43.5 Å². The van der Waals surface area contributed by atoms with Gasteiger partial charge in [-0.25, -0.2) is 0 Å². The van der Waals surface area contributed by atoms with Gasteiger partial charge in [0.1, 0.15) is 19.8 Å². The van der Waals surface area contributed by atoms with E-state index in [2.05, 4.69) is 5.32 Å². The number of ether oxygens (including phenoxy) is 3. The number of hydrogen-bond donors (Lipinski definition) is 1. The van der Waals surface area contributed by atoms with E-state index in [1.165, 1.54) is 11.8 Å². The Bertz CT molecular complexity index is 1230. The Balaban J connectivity index is 1.25. The molecule has 2 unspecified atom stereocenters. The van der Waals surface area contributed by atoms with Crippen LogP contribution < -0.4 is 14.8 Å². The summed E-state index contributed by atoms with van der Waals surface area (Å²) in [6.07, 6.45) is 2.03. The molecule has 1 fully saturated rings. The number of para-hydroxylation sites is 1. The first kappa shape index (κ1) is 23.6. The fourth-order valence-electron chi connectivity index (χ4n) is 4.55. The standard InChI is InChI=1S/C26H29N3O5S/c1-17-12-29(13-18(2)34-17)26(31)15-28-14-24(20-5-3-4-6-21(20)28)35-16-25(30)27-19-7-8-22-23(11-19)33-10-9-32-22/h3-8,11,14,17-18H,9-10,12-13,15-16H2,1-2H3,(H,27,30). The van der Waals surface area contributed by atoms with Crippen molar-refractivity contribution in [3.8, 4) is 11.5 Å². The molecule has 0 radical (unpaired) electrons. The van der Waals surface area contributed by atoms with Gasteiger partial charge >= 0.3 is 0 Å². The smallest absolute Gasteiger partial charge is 0.242 e. The molecule has 1 saturated heterocycles.